The lowest BCUT2D eigenvalue weighted by molar-refractivity contribution is 0.172. The topological polar surface area (TPSA) is 24.5 Å². The number of rotatable bonds is 7. The molecule has 1 aliphatic heterocycles. The summed E-state index contributed by atoms with van der Waals surface area (Å²) in [5, 5.41) is 3.66. The minimum atomic E-state index is 0.516. The van der Waals surface area contributed by atoms with Crippen LogP contribution in [0.1, 0.15) is 40.0 Å². The normalized spacial score (nSPS) is 21.0. The van der Waals surface area contributed by atoms with E-state index in [-0.39, 0.29) is 0 Å². The molecule has 0 saturated carbocycles. The molecule has 0 aliphatic carbocycles. The number of likely N-dealkylation sites (tertiary alicyclic amines) is 1. The molecule has 0 radical (unpaired) electrons. The van der Waals surface area contributed by atoms with E-state index in [0.29, 0.717) is 6.04 Å². The molecule has 1 N–H and O–H groups in total. The van der Waals surface area contributed by atoms with Gasteiger partial charge >= 0.3 is 0 Å². The molecule has 1 aromatic carbocycles. The Labute approximate surface area is 129 Å². The Kier molecular flexibility index (Phi) is 6.37. The van der Waals surface area contributed by atoms with Crippen molar-refractivity contribution in [3.63, 3.8) is 0 Å². The van der Waals surface area contributed by atoms with E-state index in [9.17, 15) is 0 Å². The van der Waals surface area contributed by atoms with E-state index in [1.165, 1.54) is 38.2 Å². The number of anilines is 1. The van der Waals surface area contributed by atoms with Crippen LogP contribution in [0.3, 0.4) is 0 Å². The van der Waals surface area contributed by atoms with Gasteiger partial charge in [0.15, 0.2) is 0 Å². The zero-order valence-electron chi connectivity index (χ0n) is 13.8. The molecule has 0 amide bonds. The fourth-order valence-corrected chi connectivity index (χ4v) is 3.03. The van der Waals surface area contributed by atoms with Gasteiger partial charge in [0, 0.05) is 18.3 Å². The second-order valence-corrected chi connectivity index (χ2v) is 6.10. The van der Waals surface area contributed by atoms with E-state index in [1.807, 2.05) is 0 Å². The predicted octanol–water partition coefficient (Wildman–Crippen LogP) is 4.01. The average molecular weight is 290 g/mol. The van der Waals surface area contributed by atoms with Gasteiger partial charge in [0.1, 0.15) is 5.75 Å². The first-order valence-electron chi connectivity index (χ1n) is 8.44. The van der Waals surface area contributed by atoms with Gasteiger partial charge in [-0.05, 0) is 69.5 Å². The first kappa shape index (κ1) is 16.2. The number of ether oxygens (including phenoxy) is 1. The van der Waals surface area contributed by atoms with E-state index < -0.39 is 0 Å². The molecule has 1 saturated heterocycles. The number of hydrogen-bond donors (Lipinski definition) is 1. The van der Waals surface area contributed by atoms with Crippen LogP contribution in [0.4, 0.5) is 5.69 Å². The first-order chi connectivity index (χ1) is 10.2. The molecule has 1 fully saturated rings. The molecule has 1 heterocycles. The second-order valence-electron chi connectivity index (χ2n) is 6.10. The molecule has 21 heavy (non-hydrogen) atoms. The van der Waals surface area contributed by atoms with Gasteiger partial charge in [-0.1, -0.05) is 13.8 Å². The van der Waals surface area contributed by atoms with Gasteiger partial charge in [-0.3, -0.25) is 0 Å². The van der Waals surface area contributed by atoms with Crippen molar-refractivity contribution >= 4 is 5.69 Å². The lowest BCUT2D eigenvalue weighted by Gasteiger charge is -2.35. The molecule has 2 atom stereocenters. The zero-order valence-corrected chi connectivity index (χ0v) is 13.8. The van der Waals surface area contributed by atoms with E-state index in [2.05, 4.69) is 55.3 Å². The lowest BCUT2D eigenvalue weighted by Crippen LogP contribution is -2.41. The number of piperidine rings is 1. The molecule has 0 bridgehead atoms. The third-order valence-corrected chi connectivity index (χ3v) is 4.42. The van der Waals surface area contributed by atoms with Crippen LogP contribution in [0.25, 0.3) is 0 Å². The van der Waals surface area contributed by atoms with Crippen molar-refractivity contribution in [2.75, 3.05) is 31.6 Å². The summed E-state index contributed by atoms with van der Waals surface area (Å²) in [6.07, 6.45) is 3.71. The van der Waals surface area contributed by atoms with Crippen LogP contribution >= 0.6 is 0 Å². The minimum Gasteiger partial charge on any atom is -0.494 e. The highest BCUT2D eigenvalue weighted by molar-refractivity contribution is 5.47. The van der Waals surface area contributed by atoms with Crippen LogP contribution in [0.5, 0.6) is 5.75 Å². The SMILES string of the molecule is CCCOc1ccc(NC(C)C2CCCN(CC)C2)cc1. The number of benzene rings is 1. The van der Waals surface area contributed by atoms with Crippen LogP contribution in [0.2, 0.25) is 0 Å². The second kappa shape index (κ2) is 8.28. The summed E-state index contributed by atoms with van der Waals surface area (Å²) in [4.78, 5) is 2.56. The summed E-state index contributed by atoms with van der Waals surface area (Å²) < 4.78 is 5.63. The Morgan fingerprint density at radius 3 is 2.71 bits per heavy atom. The maximum Gasteiger partial charge on any atom is 0.119 e. The van der Waals surface area contributed by atoms with Gasteiger partial charge in [0.05, 0.1) is 6.61 Å². The number of nitrogens with zero attached hydrogens (tertiary/aromatic N) is 1. The van der Waals surface area contributed by atoms with Crippen molar-refractivity contribution in [2.45, 2.75) is 46.1 Å². The van der Waals surface area contributed by atoms with Crippen LogP contribution in [0.15, 0.2) is 24.3 Å². The molecule has 3 nitrogen and oxygen atoms in total. The highest BCUT2D eigenvalue weighted by atomic mass is 16.5. The summed E-state index contributed by atoms with van der Waals surface area (Å²) in [7, 11) is 0. The lowest BCUT2D eigenvalue weighted by atomic mass is 9.91. The largest absolute Gasteiger partial charge is 0.494 e. The Morgan fingerprint density at radius 1 is 1.29 bits per heavy atom. The average Bonchev–Trinajstić information content (AvgIpc) is 2.54. The van der Waals surface area contributed by atoms with Gasteiger partial charge in [-0.2, -0.15) is 0 Å². The maximum absolute atomic E-state index is 5.63. The van der Waals surface area contributed by atoms with E-state index >= 15 is 0 Å². The summed E-state index contributed by atoms with van der Waals surface area (Å²) >= 11 is 0. The van der Waals surface area contributed by atoms with Crippen LogP contribution in [-0.4, -0.2) is 37.2 Å². The first-order valence-corrected chi connectivity index (χ1v) is 8.44. The van der Waals surface area contributed by atoms with Crippen LogP contribution < -0.4 is 10.1 Å². The van der Waals surface area contributed by atoms with Gasteiger partial charge in [-0.25, -0.2) is 0 Å². The fraction of sp³-hybridized carbons (Fsp3) is 0.667. The maximum atomic E-state index is 5.63. The standard InChI is InChI=1S/C18H30N2O/c1-4-13-21-18-10-8-17(9-11-18)19-15(3)16-7-6-12-20(5-2)14-16/h8-11,15-16,19H,4-7,12-14H2,1-3H3. The summed E-state index contributed by atoms with van der Waals surface area (Å²) in [6, 6.07) is 8.89. The van der Waals surface area contributed by atoms with Gasteiger partial charge in [0.25, 0.3) is 0 Å². The molecule has 3 heteroatoms. The monoisotopic (exact) mass is 290 g/mol. The zero-order chi connectivity index (χ0) is 15.1. The Balaban J connectivity index is 1.85. The molecule has 1 aliphatic rings. The summed E-state index contributed by atoms with van der Waals surface area (Å²) in [5.74, 6) is 1.71. The van der Waals surface area contributed by atoms with Crippen molar-refractivity contribution < 1.29 is 4.74 Å². The summed E-state index contributed by atoms with van der Waals surface area (Å²) in [5.41, 5.74) is 1.19. The molecule has 2 unspecified atom stereocenters. The van der Waals surface area contributed by atoms with E-state index in [4.69, 9.17) is 4.74 Å². The molecule has 1 aromatic rings. The van der Waals surface area contributed by atoms with Crippen molar-refractivity contribution in [3.05, 3.63) is 24.3 Å². The Hall–Kier alpha value is -1.22. The van der Waals surface area contributed by atoms with Crippen LogP contribution in [0, 0.1) is 5.92 Å². The Morgan fingerprint density at radius 2 is 2.05 bits per heavy atom. The fourth-order valence-electron chi connectivity index (χ4n) is 3.03. The quantitative estimate of drug-likeness (QED) is 0.821. The molecule has 0 aromatic heterocycles. The van der Waals surface area contributed by atoms with Crippen molar-refractivity contribution in [1.82, 2.24) is 4.90 Å². The Bertz CT molecular complexity index is 404. The van der Waals surface area contributed by atoms with E-state index in [1.54, 1.807) is 0 Å². The molecule has 0 spiro atoms. The number of nitrogens with one attached hydrogen (secondary N) is 1. The highest BCUT2D eigenvalue weighted by Gasteiger charge is 2.23. The van der Waals surface area contributed by atoms with Crippen molar-refractivity contribution in [2.24, 2.45) is 5.92 Å². The van der Waals surface area contributed by atoms with Crippen molar-refractivity contribution in [3.8, 4) is 5.75 Å². The van der Waals surface area contributed by atoms with Gasteiger partial charge < -0.3 is 15.0 Å². The van der Waals surface area contributed by atoms with Gasteiger partial charge in [-0.15, -0.1) is 0 Å². The molecular weight excluding hydrogens is 260 g/mol. The smallest absolute Gasteiger partial charge is 0.119 e. The molecule has 118 valence electrons. The molecule has 2 rings (SSSR count). The van der Waals surface area contributed by atoms with E-state index in [0.717, 1.165) is 24.7 Å². The highest BCUT2D eigenvalue weighted by Crippen LogP contribution is 2.23. The van der Waals surface area contributed by atoms with Gasteiger partial charge in [0.2, 0.25) is 0 Å². The third-order valence-electron chi connectivity index (χ3n) is 4.42. The number of hydrogen-bond acceptors (Lipinski definition) is 3. The summed E-state index contributed by atoms with van der Waals surface area (Å²) in [6.45, 7) is 11.2. The van der Waals surface area contributed by atoms with Crippen molar-refractivity contribution in [1.29, 1.82) is 0 Å². The molecular formula is C18H30N2O. The predicted molar refractivity (Wildman–Crippen MR) is 90.2 cm³/mol. The van der Waals surface area contributed by atoms with Crippen LogP contribution in [-0.2, 0) is 0 Å². The third kappa shape index (κ3) is 4.92. The minimum absolute atomic E-state index is 0.516.